The number of fused-ring (bicyclic) bond motifs is 3. The van der Waals surface area contributed by atoms with Gasteiger partial charge in [-0.15, -0.1) is 0 Å². The van der Waals surface area contributed by atoms with Gasteiger partial charge in [-0.2, -0.15) is 0 Å². The zero-order chi connectivity index (χ0) is 9.02. The SMILES string of the molecule is CC1C2CCC3C[C@@H]4CC5C2[C@H]([C@@H]31)[C@@H]54. The molecular weight excluding hydrogens is 168 g/mol. The van der Waals surface area contributed by atoms with E-state index in [1.54, 1.807) is 25.7 Å². The first-order chi connectivity index (χ1) is 6.86. The number of rotatable bonds is 0. The van der Waals surface area contributed by atoms with Crippen LogP contribution < -0.4 is 0 Å². The van der Waals surface area contributed by atoms with Gasteiger partial charge in [0, 0.05) is 0 Å². The number of hydrogen-bond donors (Lipinski definition) is 0. The van der Waals surface area contributed by atoms with E-state index >= 15 is 0 Å². The molecule has 5 aliphatic carbocycles. The molecule has 0 saturated heterocycles. The van der Waals surface area contributed by atoms with Crippen LogP contribution in [0.2, 0.25) is 0 Å². The van der Waals surface area contributed by atoms with Crippen LogP contribution in [0.5, 0.6) is 0 Å². The van der Waals surface area contributed by atoms with Crippen molar-refractivity contribution in [2.24, 2.45) is 53.3 Å². The molecule has 0 nitrogen and oxygen atoms in total. The Morgan fingerprint density at radius 2 is 1.64 bits per heavy atom. The molecule has 0 aromatic rings. The minimum absolute atomic E-state index is 1.12. The second-order valence-electron chi connectivity index (χ2n) is 7.07. The van der Waals surface area contributed by atoms with Crippen molar-refractivity contribution in [1.82, 2.24) is 0 Å². The molecule has 0 spiro atoms. The topological polar surface area (TPSA) is 0 Å². The van der Waals surface area contributed by atoms with Crippen molar-refractivity contribution < 1.29 is 0 Å². The van der Waals surface area contributed by atoms with Crippen LogP contribution in [0.3, 0.4) is 0 Å². The Bertz CT molecular complexity index is 307. The third-order valence-corrected chi connectivity index (χ3v) is 7.24. The van der Waals surface area contributed by atoms with Gasteiger partial charge in [0.1, 0.15) is 0 Å². The lowest BCUT2D eigenvalue weighted by Gasteiger charge is -2.67. The maximum atomic E-state index is 2.60. The zero-order valence-corrected chi connectivity index (χ0v) is 9.02. The highest BCUT2D eigenvalue weighted by atomic mass is 14.8. The van der Waals surface area contributed by atoms with Crippen LogP contribution in [0.4, 0.5) is 0 Å². The lowest BCUT2D eigenvalue weighted by Crippen LogP contribution is -2.62. The lowest BCUT2D eigenvalue weighted by molar-refractivity contribution is -0.193. The summed E-state index contributed by atoms with van der Waals surface area (Å²) in [6, 6.07) is 0. The smallest absolute Gasteiger partial charge is 0.0313 e. The molecule has 5 rings (SSSR count). The standard InChI is InChI=1S/C14H20/c1-6-9-3-2-7-4-8-5-10-12(8)14(11(6)7)13(9)10/h6-14H,2-5H2,1H3/t6?,7?,8-,9?,10?,11-,12-,13?,14-/m1/s1. The van der Waals surface area contributed by atoms with Crippen molar-refractivity contribution in [1.29, 1.82) is 0 Å². The van der Waals surface area contributed by atoms with Gasteiger partial charge in [-0.1, -0.05) is 6.92 Å². The van der Waals surface area contributed by atoms with Crippen LogP contribution in [0.25, 0.3) is 0 Å². The summed E-state index contributed by atoms with van der Waals surface area (Å²) in [5, 5.41) is 0. The van der Waals surface area contributed by atoms with E-state index in [1.807, 2.05) is 0 Å². The van der Waals surface area contributed by atoms with Gasteiger partial charge in [-0.3, -0.25) is 0 Å². The summed E-state index contributed by atoms with van der Waals surface area (Å²) in [6.45, 7) is 2.60. The quantitative estimate of drug-likeness (QED) is 0.547. The normalized spacial score (nSPS) is 76.5. The molecule has 0 aromatic carbocycles. The highest BCUT2D eigenvalue weighted by Crippen LogP contribution is 2.78. The molecule has 0 heteroatoms. The molecule has 0 heterocycles. The summed E-state index contributed by atoms with van der Waals surface area (Å²) in [6.07, 6.45) is 6.52. The van der Waals surface area contributed by atoms with Crippen molar-refractivity contribution in [3.05, 3.63) is 0 Å². The van der Waals surface area contributed by atoms with E-state index in [0.29, 0.717) is 0 Å². The van der Waals surface area contributed by atoms with Crippen LogP contribution in [-0.4, -0.2) is 0 Å². The molecule has 9 atom stereocenters. The Morgan fingerprint density at radius 3 is 2.57 bits per heavy atom. The summed E-state index contributed by atoms with van der Waals surface area (Å²) < 4.78 is 0. The fourth-order valence-electron chi connectivity index (χ4n) is 7.05. The van der Waals surface area contributed by atoms with E-state index in [0.717, 1.165) is 5.92 Å². The molecule has 14 heavy (non-hydrogen) atoms. The van der Waals surface area contributed by atoms with Crippen molar-refractivity contribution in [2.75, 3.05) is 0 Å². The summed E-state index contributed by atoms with van der Waals surface area (Å²) in [5.74, 6) is 10.9. The van der Waals surface area contributed by atoms with E-state index in [-0.39, 0.29) is 0 Å². The lowest BCUT2D eigenvalue weighted by atomic mass is 9.38. The first-order valence-electron chi connectivity index (χ1n) is 6.86. The van der Waals surface area contributed by atoms with Gasteiger partial charge in [0.05, 0.1) is 0 Å². The fourth-order valence-corrected chi connectivity index (χ4v) is 7.05. The van der Waals surface area contributed by atoms with E-state index in [1.165, 1.54) is 47.3 Å². The Balaban J connectivity index is 1.70. The first kappa shape index (κ1) is 7.30. The van der Waals surface area contributed by atoms with E-state index in [2.05, 4.69) is 6.92 Å². The fraction of sp³-hybridized carbons (Fsp3) is 1.00. The Morgan fingerprint density at radius 1 is 0.714 bits per heavy atom. The van der Waals surface area contributed by atoms with Gasteiger partial charge in [-0.05, 0) is 78.9 Å². The maximum absolute atomic E-state index is 2.60. The van der Waals surface area contributed by atoms with Gasteiger partial charge >= 0.3 is 0 Å². The van der Waals surface area contributed by atoms with Gasteiger partial charge < -0.3 is 0 Å². The van der Waals surface area contributed by atoms with Crippen molar-refractivity contribution in [2.45, 2.75) is 32.6 Å². The predicted molar refractivity (Wildman–Crippen MR) is 55.6 cm³/mol. The highest BCUT2D eigenvalue weighted by Gasteiger charge is 2.73. The monoisotopic (exact) mass is 188 g/mol. The molecule has 5 aliphatic rings. The van der Waals surface area contributed by atoms with Gasteiger partial charge in [0.25, 0.3) is 0 Å². The van der Waals surface area contributed by atoms with Gasteiger partial charge in [0.15, 0.2) is 0 Å². The van der Waals surface area contributed by atoms with Crippen LogP contribution in [-0.2, 0) is 0 Å². The van der Waals surface area contributed by atoms with Crippen LogP contribution in [0, 0.1) is 53.3 Å². The first-order valence-corrected chi connectivity index (χ1v) is 6.86. The molecule has 0 amide bonds. The van der Waals surface area contributed by atoms with Gasteiger partial charge in [0.2, 0.25) is 0 Å². The maximum Gasteiger partial charge on any atom is -0.0313 e. The van der Waals surface area contributed by atoms with Crippen molar-refractivity contribution in [3.63, 3.8) is 0 Å². The molecule has 5 fully saturated rings. The second-order valence-corrected chi connectivity index (χ2v) is 7.07. The molecule has 76 valence electrons. The Kier molecular flexibility index (Phi) is 1.02. The molecule has 0 N–H and O–H groups in total. The molecule has 2 bridgehead atoms. The minimum atomic E-state index is 1.12. The Labute approximate surface area is 86.5 Å². The van der Waals surface area contributed by atoms with E-state index in [4.69, 9.17) is 0 Å². The third-order valence-electron chi connectivity index (χ3n) is 7.24. The molecule has 0 radical (unpaired) electrons. The average molecular weight is 188 g/mol. The highest BCUT2D eigenvalue weighted by molar-refractivity contribution is 5.21. The molecule has 0 aliphatic heterocycles. The zero-order valence-electron chi connectivity index (χ0n) is 9.02. The summed E-state index contributed by atoms with van der Waals surface area (Å²) in [7, 11) is 0. The van der Waals surface area contributed by atoms with Gasteiger partial charge in [-0.25, -0.2) is 0 Å². The molecule has 5 saturated carbocycles. The molecule has 0 aromatic heterocycles. The molecule has 5 unspecified atom stereocenters. The largest absolute Gasteiger partial charge is 0.0619 e. The predicted octanol–water partition coefficient (Wildman–Crippen LogP) is 3.18. The summed E-state index contributed by atoms with van der Waals surface area (Å²) in [5.41, 5.74) is 0. The van der Waals surface area contributed by atoms with Crippen molar-refractivity contribution >= 4 is 0 Å². The van der Waals surface area contributed by atoms with E-state index in [9.17, 15) is 0 Å². The minimum Gasteiger partial charge on any atom is -0.0619 e. The second kappa shape index (κ2) is 1.95. The van der Waals surface area contributed by atoms with Crippen molar-refractivity contribution in [3.8, 4) is 0 Å². The van der Waals surface area contributed by atoms with E-state index < -0.39 is 0 Å². The Hall–Kier alpha value is 0. The summed E-state index contributed by atoms with van der Waals surface area (Å²) in [4.78, 5) is 0. The summed E-state index contributed by atoms with van der Waals surface area (Å²) >= 11 is 0. The number of hydrogen-bond acceptors (Lipinski definition) is 0. The average Bonchev–Trinajstić information content (AvgIpc) is 2.40. The van der Waals surface area contributed by atoms with Crippen LogP contribution >= 0.6 is 0 Å². The third kappa shape index (κ3) is 0.517. The van der Waals surface area contributed by atoms with Crippen LogP contribution in [0.15, 0.2) is 0 Å². The molecular formula is C14H20. The van der Waals surface area contributed by atoms with Crippen LogP contribution in [0.1, 0.15) is 32.6 Å².